The van der Waals surface area contributed by atoms with Crippen LogP contribution >= 0.6 is 0 Å². The first-order valence-electron chi connectivity index (χ1n) is 7.64. The Bertz CT molecular complexity index is 417. The molecule has 1 aliphatic rings. The monoisotopic (exact) mass is 278 g/mol. The second kappa shape index (κ2) is 7.50. The third-order valence-corrected chi connectivity index (χ3v) is 3.98. The van der Waals surface area contributed by atoms with Crippen molar-refractivity contribution in [3.05, 3.63) is 23.8 Å². The average Bonchev–Trinajstić information content (AvgIpc) is 2.49. The van der Waals surface area contributed by atoms with Crippen molar-refractivity contribution in [3.8, 4) is 11.5 Å². The fourth-order valence-electron chi connectivity index (χ4n) is 2.84. The zero-order valence-corrected chi connectivity index (χ0v) is 12.6. The molecule has 112 valence electrons. The van der Waals surface area contributed by atoms with Gasteiger partial charge in [0.1, 0.15) is 0 Å². The molecule has 2 rings (SSSR count). The van der Waals surface area contributed by atoms with Gasteiger partial charge in [0, 0.05) is 32.2 Å². The van der Waals surface area contributed by atoms with Gasteiger partial charge in [-0.1, -0.05) is 19.1 Å². The molecule has 1 aromatic carbocycles. The summed E-state index contributed by atoms with van der Waals surface area (Å²) >= 11 is 0. The highest BCUT2D eigenvalue weighted by Gasteiger charge is 2.21. The highest BCUT2D eigenvalue weighted by molar-refractivity contribution is 5.45. The van der Waals surface area contributed by atoms with Gasteiger partial charge in [-0.15, -0.1) is 0 Å². The summed E-state index contributed by atoms with van der Waals surface area (Å²) in [6, 6.07) is 6.28. The van der Waals surface area contributed by atoms with Crippen molar-refractivity contribution in [2.45, 2.75) is 32.7 Å². The molecular weight excluding hydrogens is 252 g/mol. The zero-order chi connectivity index (χ0) is 14.4. The maximum absolute atomic E-state index is 10.3. The smallest absolute Gasteiger partial charge is 0.161 e. The van der Waals surface area contributed by atoms with Crippen LogP contribution in [0, 0.1) is 0 Å². The first kappa shape index (κ1) is 15.1. The molecule has 1 aliphatic heterocycles. The molecule has 1 unspecified atom stereocenters. The Balaban J connectivity index is 2.08. The van der Waals surface area contributed by atoms with Crippen LogP contribution in [0.15, 0.2) is 18.2 Å². The Morgan fingerprint density at radius 1 is 1.30 bits per heavy atom. The number of piperazine rings is 1. The number of ether oxygens (including phenoxy) is 1. The number of nitrogens with zero attached hydrogens (tertiary/aromatic N) is 1. The van der Waals surface area contributed by atoms with E-state index >= 15 is 0 Å². The standard InChI is InChI=1S/C16H26N2O2/c1-3-14(18-10-8-17-9-11-18)12-13-6-5-7-15(16(13)19)20-4-2/h5-7,14,17,19H,3-4,8-12H2,1-2H3. The topological polar surface area (TPSA) is 44.7 Å². The van der Waals surface area contributed by atoms with Crippen LogP contribution in [0.5, 0.6) is 11.5 Å². The molecule has 1 atom stereocenters. The van der Waals surface area contributed by atoms with Gasteiger partial charge in [-0.05, 0) is 31.4 Å². The first-order valence-corrected chi connectivity index (χ1v) is 7.64. The molecule has 20 heavy (non-hydrogen) atoms. The number of benzene rings is 1. The van der Waals surface area contributed by atoms with Crippen LogP contribution in [0.3, 0.4) is 0 Å². The molecule has 1 heterocycles. The van der Waals surface area contributed by atoms with Crippen molar-refractivity contribution in [1.29, 1.82) is 0 Å². The summed E-state index contributed by atoms with van der Waals surface area (Å²) in [5.74, 6) is 0.906. The van der Waals surface area contributed by atoms with Crippen molar-refractivity contribution >= 4 is 0 Å². The molecule has 0 spiro atoms. The van der Waals surface area contributed by atoms with Gasteiger partial charge in [0.25, 0.3) is 0 Å². The van der Waals surface area contributed by atoms with Gasteiger partial charge >= 0.3 is 0 Å². The molecule has 0 radical (unpaired) electrons. The Labute approximate surface area is 121 Å². The van der Waals surface area contributed by atoms with Crippen molar-refractivity contribution in [2.24, 2.45) is 0 Å². The molecule has 1 aromatic rings. The fourth-order valence-corrected chi connectivity index (χ4v) is 2.84. The Morgan fingerprint density at radius 2 is 2.05 bits per heavy atom. The fraction of sp³-hybridized carbons (Fsp3) is 0.625. The molecule has 2 N–H and O–H groups in total. The quantitative estimate of drug-likeness (QED) is 0.835. The molecular formula is C16H26N2O2. The maximum Gasteiger partial charge on any atom is 0.161 e. The summed E-state index contributed by atoms with van der Waals surface area (Å²) < 4.78 is 5.46. The molecule has 0 saturated carbocycles. The Morgan fingerprint density at radius 3 is 2.70 bits per heavy atom. The minimum Gasteiger partial charge on any atom is -0.504 e. The summed E-state index contributed by atoms with van der Waals surface area (Å²) in [6.45, 7) is 9.02. The number of phenols is 1. The summed E-state index contributed by atoms with van der Waals surface area (Å²) in [5, 5.41) is 13.7. The van der Waals surface area contributed by atoms with E-state index in [1.165, 1.54) is 0 Å². The van der Waals surface area contributed by atoms with E-state index in [4.69, 9.17) is 4.74 Å². The van der Waals surface area contributed by atoms with Crippen LogP contribution in [-0.4, -0.2) is 48.8 Å². The van der Waals surface area contributed by atoms with Crippen molar-refractivity contribution in [1.82, 2.24) is 10.2 Å². The SMILES string of the molecule is CCOc1cccc(CC(CC)N2CCNCC2)c1O. The van der Waals surface area contributed by atoms with Gasteiger partial charge in [-0.25, -0.2) is 0 Å². The summed E-state index contributed by atoms with van der Waals surface area (Å²) in [4.78, 5) is 2.52. The second-order valence-corrected chi connectivity index (χ2v) is 5.25. The maximum atomic E-state index is 10.3. The lowest BCUT2D eigenvalue weighted by molar-refractivity contribution is 0.166. The molecule has 4 heteroatoms. The number of hydrogen-bond donors (Lipinski definition) is 2. The van der Waals surface area contributed by atoms with E-state index in [0.717, 1.165) is 44.6 Å². The van der Waals surface area contributed by atoms with E-state index in [1.54, 1.807) is 0 Å². The van der Waals surface area contributed by atoms with Crippen LogP contribution in [-0.2, 0) is 6.42 Å². The minimum atomic E-state index is 0.308. The molecule has 4 nitrogen and oxygen atoms in total. The average molecular weight is 278 g/mol. The lowest BCUT2D eigenvalue weighted by Gasteiger charge is -2.34. The summed E-state index contributed by atoms with van der Waals surface area (Å²) in [5.41, 5.74) is 0.987. The molecule has 1 fully saturated rings. The third-order valence-electron chi connectivity index (χ3n) is 3.98. The van der Waals surface area contributed by atoms with E-state index in [1.807, 2.05) is 25.1 Å². The van der Waals surface area contributed by atoms with E-state index < -0.39 is 0 Å². The largest absolute Gasteiger partial charge is 0.504 e. The lowest BCUT2D eigenvalue weighted by atomic mass is 10.0. The van der Waals surface area contributed by atoms with Gasteiger partial charge in [-0.3, -0.25) is 4.90 Å². The van der Waals surface area contributed by atoms with E-state index in [2.05, 4.69) is 17.1 Å². The molecule has 0 amide bonds. The Kier molecular flexibility index (Phi) is 5.68. The highest BCUT2D eigenvalue weighted by atomic mass is 16.5. The molecule has 0 bridgehead atoms. The van der Waals surface area contributed by atoms with Crippen LogP contribution in [0.4, 0.5) is 0 Å². The molecule has 0 aromatic heterocycles. The highest BCUT2D eigenvalue weighted by Crippen LogP contribution is 2.31. The van der Waals surface area contributed by atoms with Gasteiger partial charge < -0.3 is 15.2 Å². The first-order chi connectivity index (χ1) is 9.76. The van der Waals surface area contributed by atoms with Gasteiger partial charge in [0.05, 0.1) is 6.61 Å². The van der Waals surface area contributed by atoms with Crippen LogP contribution in [0.1, 0.15) is 25.8 Å². The predicted molar refractivity (Wildman–Crippen MR) is 81.5 cm³/mol. The summed E-state index contributed by atoms with van der Waals surface area (Å²) in [7, 11) is 0. The van der Waals surface area contributed by atoms with Crippen LogP contribution in [0.25, 0.3) is 0 Å². The zero-order valence-electron chi connectivity index (χ0n) is 12.6. The van der Waals surface area contributed by atoms with E-state index in [0.29, 0.717) is 24.1 Å². The number of hydrogen-bond acceptors (Lipinski definition) is 4. The second-order valence-electron chi connectivity index (χ2n) is 5.25. The normalized spacial score (nSPS) is 17.9. The van der Waals surface area contributed by atoms with E-state index in [-0.39, 0.29) is 0 Å². The number of phenolic OH excluding ortho intramolecular Hbond substituents is 1. The summed E-state index contributed by atoms with van der Waals surface area (Å²) in [6.07, 6.45) is 1.97. The predicted octanol–water partition coefficient (Wildman–Crippen LogP) is 2.02. The van der Waals surface area contributed by atoms with Crippen molar-refractivity contribution in [2.75, 3.05) is 32.8 Å². The van der Waals surface area contributed by atoms with Crippen LogP contribution < -0.4 is 10.1 Å². The van der Waals surface area contributed by atoms with Gasteiger partial charge in [0.2, 0.25) is 0 Å². The number of rotatable bonds is 6. The number of para-hydroxylation sites is 1. The van der Waals surface area contributed by atoms with Crippen molar-refractivity contribution in [3.63, 3.8) is 0 Å². The van der Waals surface area contributed by atoms with E-state index in [9.17, 15) is 5.11 Å². The number of aromatic hydroxyl groups is 1. The third kappa shape index (κ3) is 3.64. The van der Waals surface area contributed by atoms with Crippen molar-refractivity contribution < 1.29 is 9.84 Å². The number of nitrogens with one attached hydrogen (secondary N) is 1. The molecule has 1 saturated heterocycles. The van der Waals surface area contributed by atoms with Crippen LogP contribution in [0.2, 0.25) is 0 Å². The molecule has 0 aliphatic carbocycles. The minimum absolute atomic E-state index is 0.308. The van der Waals surface area contributed by atoms with Gasteiger partial charge in [0.15, 0.2) is 11.5 Å². The lowest BCUT2D eigenvalue weighted by Crippen LogP contribution is -2.48. The Hall–Kier alpha value is -1.26. The van der Waals surface area contributed by atoms with Gasteiger partial charge in [-0.2, -0.15) is 0 Å².